The van der Waals surface area contributed by atoms with E-state index in [4.69, 9.17) is 10.4 Å². The van der Waals surface area contributed by atoms with Crippen molar-refractivity contribution in [3.8, 4) is 0 Å². The van der Waals surface area contributed by atoms with Crippen molar-refractivity contribution >= 4 is 35.2 Å². The summed E-state index contributed by atoms with van der Waals surface area (Å²) in [6.45, 7) is 28.6. The number of nitrogens with zero attached hydrogens (tertiary/aromatic N) is 1. The molecule has 0 heterocycles. The lowest BCUT2D eigenvalue weighted by Crippen LogP contribution is -2.28. The molecule has 2 heteroatoms. The first-order valence-corrected chi connectivity index (χ1v) is 17.4. The van der Waals surface area contributed by atoms with Gasteiger partial charge in [-0.2, -0.15) is 0 Å². The van der Waals surface area contributed by atoms with Gasteiger partial charge in [0.2, 0.25) is 0 Å². The smallest absolute Gasteiger partial charge is 0.0460 e. The summed E-state index contributed by atoms with van der Waals surface area (Å²) in [7, 11) is 0. The predicted molar refractivity (Wildman–Crippen MR) is 222 cm³/mol. The standard InChI is InChI=1S/C25H29N.C18H20.C2H5N.C2H6/c1-8-21-11-9-10-12-24(21)25(20(7)26-19(6)17(2)3)23-15-13-22(14-16-23)18(4)5;1-4-7-17-12-16(11-10-15(17)3)13-18-9-6-5-8-14(18)2;1-2-3;1-2/h8-16H,4H2,1-3,5-7H3;4-12H,13H2,1-3H3;2-3H,1H3;1-2H3/b21-8-,25-24+,26-20?;7-4-;;. The van der Waals surface area contributed by atoms with Crippen LogP contribution in [0.3, 0.4) is 0 Å². The van der Waals surface area contributed by atoms with Crippen LogP contribution in [0.15, 0.2) is 120 Å². The van der Waals surface area contributed by atoms with Gasteiger partial charge in [0, 0.05) is 17.0 Å². The van der Waals surface area contributed by atoms with E-state index in [9.17, 15) is 0 Å². The SMILES string of the molecule is C/C=C\c1cc(Cc2ccccc2C)ccc1C.C=C(C)c1ccc(/C(C(C)=NC(C)=C(C)C)=c2\cccc\c2=C\C)cc1.CC.CC=N. The lowest BCUT2D eigenvalue weighted by atomic mass is 9.96. The highest BCUT2D eigenvalue weighted by Crippen LogP contribution is 2.20. The molecule has 258 valence electrons. The van der Waals surface area contributed by atoms with Gasteiger partial charge in [0.1, 0.15) is 0 Å². The molecule has 1 N–H and O–H groups in total. The Morgan fingerprint density at radius 3 is 1.86 bits per heavy atom. The first-order valence-electron chi connectivity index (χ1n) is 17.4. The van der Waals surface area contributed by atoms with E-state index >= 15 is 0 Å². The predicted octanol–water partition coefficient (Wildman–Crippen LogP) is 12.1. The molecule has 4 aromatic carbocycles. The van der Waals surface area contributed by atoms with E-state index < -0.39 is 0 Å². The normalized spacial score (nSPS) is 11.6. The van der Waals surface area contributed by atoms with Gasteiger partial charge in [0.15, 0.2) is 0 Å². The van der Waals surface area contributed by atoms with Gasteiger partial charge in [0.05, 0.1) is 0 Å². The Hall–Kier alpha value is -4.82. The highest BCUT2D eigenvalue weighted by molar-refractivity contribution is 6.22. The van der Waals surface area contributed by atoms with Crippen LogP contribution in [-0.2, 0) is 6.42 Å². The monoisotopic (exact) mass is 652 g/mol. The Morgan fingerprint density at radius 2 is 1.31 bits per heavy atom. The lowest BCUT2D eigenvalue weighted by molar-refractivity contribution is 1.15. The first kappa shape index (κ1) is 42.2. The van der Waals surface area contributed by atoms with Crippen LogP contribution in [0.1, 0.15) is 108 Å². The summed E-state index contributed by atoms with van der Waals surface area (Å²) >= 11 is 0. The van der Waals surface area contributed by atoms with Crippen LogP contribution in [0.2, 0.25) is 0 Å². The Bertz CT molecular complexity index is 1860. The summed E-state index contributed by atoms with van der Waals surface area (Å²) in [5.41, 5.74) is 14.7. The van der Waals surface area contributed by atoms with Gasteiger partial charge in [-0.1, -0.05) is 141 Å². The number of aliphatic imine (C=N–C) groups is 1. The zero-order valence-electron chi connectivity index (χ0n) is 32.3. The van der Waals surface area contributed by atoms with E-state index in [1.54, 1.807) is 6.92 Å². The fourth-order valence-corrected chi connectivity index (χ4v) is 5.06. The maximum absolute atomic E-state index is 6.08. The number of allylic oxidation sites excluding steroid dienone is 4. The highest BCUT2D eigenvalue weighted by Gasteiger charge is 2.09. The molecule has 2 nitrogen and oxygen atoms in total. The number of hydrogen-bond donors (Lipinski definition) is 1. The van der Waals surface area contributed by atoms with Crippen molar-refractivity contribution in [2.24, 2.45) is 4.99 Å². The van der Waals surface area contributed by atoms with Crippen LogP contribution in [0, 0.1) is 19.3 Å². The molecular formula is C47H60N2. The summed E-state index contributed by atoms with van der Waals surface area (Å²) in [6, 6.07) is 32.4. The van der Waals surface area contributed by atoms with E-state index in [1.165, 1.54) is 66.7 Å². The Balaban J connectivity index is 0.000000454. The molecule has 4 aromatic rings. The van der Waals surface area contributed by atoms with Crippen molar-refractivity contribution < 1.29 is 0 Å². The molecule has 0 atom stereocenters. The molecule has 0 radical (unpaired) electrons. The molecule has 0 saturated heterocycles. The molecule has 4 rings (SSSR count). The van der Waals surface area contributed by atoms with Gasteiger partial charge in [-0.15, -0.1) is 0 Å². The molecule has 0 amide bonds. The molecule has 49 heavy (non-hydrogen) atoms. The second-order valence-electron chi connectivity index (χ2n) is 12.0. The third-order valence-corrected chi connectivity index (χ3v) is 7.97. The molecule has 0 aromatic heterocycles. The van der Waals surface area contributed by atoms with Crippen molar-refractivity contribution in [2.75, 3.05) is 0 Å². The molecule has 0 spiro atoms. The Morgan fingerprint density at radius 1 is 0.735 bits per heavy atom. The fraction of sp³-hybridized carbons (Fsp3) is 0.277. The molecular weight excluding hydrogens is 593 g/mol. The highest BCUT2D eigenvalue weighted by atomic mass is 14.7. The lowest BCUT2D eigenvalue weighted by Gasteiger charge is -2.11. The zero-order valence-corrected chi connectivity index (χ0v) is 32.3. The van der Waals surface area contributed by atoms with Crippen LogP contribution in [0.25, 0.3) is 23.3 Å². The fourth-order valence-electron chi connectivity index (χ4n) is 5.06. The molecule has 0 aliphatic rings. The second-order valence-corrected chi connectivity index (χ2v) is 12.0. The minimum absolute atomic E-state index is 1.01. The van der Waals surface area contributed by atoms with Crippen LogP contribution < -0.4 is 10.4 Å². The first-order chi connectivity index (χ1) is 23.5. The molecule has 0 aliphatic carbocycles. The molecule has 0 unspecified atom stereocenters. The van der Waals surface area contributed by atoms with Crippen LogP contribution >= 0.6 is 0 Å². The van der Waals surface area contributed by atoms with E-state index in [2.05, 4.69) is 171 Å². The molecule has 0 fully saturated rings. The Kier molecular flexibility index (Phi) is 19.5. The van der Waals surface area contributed by atoms with Gasteiger partial charge < -0.3 is 5.41 Å². The quantitative estimate of drug-likeness (QED) is 0.193. The third kappa shape index (κ3) is 13.7. The van der Waals surface area contributed by atoms with Gasteiger partial charge >= 0.3 is 0 Å². The van der Waals surface area contributed by atoms with E-state index in [1.807, 2.05) is 20.8 Å². The summed E-state index contributed by atoms with van der Waals surface area (Å²) in [5, 5.41) is 8.51. The molecule has 0 bridgehead atoms. The van der Waals surface area contributed by atoms with Crippen molar-refractivity contribution in [1.29, 1.82) is 5.41 Å². The van der Waals surface area contributed by atoms with Crippen LogP contribution in [0.4, 0.5) is 0 Å². The van der Waals surface area contributed by atoms with Gasteiger partial charge in [-0.05, 0) is 131 Å². The number of hydrogen-bond acceptors (Lipinski definition) is 2. The molecule has 0 saturated carbocycles. The van der Waals surface area contributed by atoms with Crippen molar-refractivity contribution in [1.82, 2.24) is 0 Å². The largest absolute Gasteiger partial charge is 0.313 e. The summed E-state index contributed by atoms with van der Waals surface area (Å²) in [5.74, 6) is 0. The maximum Gasteiger partial charge on any atom is 0.0460 e. The number of aryl methyl sites for hydroxylation is 2. The summed E-state index contributed by atoms with van der Waals surface area (Å²) in [6.07, 6.45) is 8.69. The van der Waals surface area contributed by atoms with Crippen molar-refractivity contribution in [3.63, 3.8) is 0 Å². The van der Waals surface area contributed by atoms with Gasteiger partial charge in [-0.25, -0.2) is 0 Å². The number of rotatable bonds is 7. The maximum atomic E-state index is 6.08. The average Bonchev–Trinajstić information content (AvgIpc) is 3.09. The van der Waals surface area contributed by atoms with Crippen LogP contribution in [0.5, 0.6) is 0 Å². The van der Waals surface area contributed by atoms with Gasteiger partial charge in [0.25, 0.3) is 0 Å². The molecule has 0 aliphatic heterocycles. The van der Waals surface area contributed by atoms with E-state index in [0.29, 0.717) is 0 Å². The van der Waals surface area contributed by atoms with Crippen molar-refractivity contribution in [2.45, 2.75) is 89.5 Å². The summed E-state index contributed by atoms with van der Waals surface area (Å²) < 4.78 is 0. The third-order valence-electron chi connectivity index (χ3n) is 7.97. The van der Waals surface area contributed by atoms with Crippen LogP contribution in [-0.4, -0.2) is 11.9 Å². The minimum atomic E-state index is 1.01. The second kappa shape index (κ2) is 22.7. The zero-order chi connectivity index (χ0) is 36.9. The summed E-state index contributed by atoms with van der Waals surface area (Å²) in [4.78, 5) is 4.89. The van der Waals surface area contributed by atoms with Crippen molar-refractivity contribution in [3.05, 3.63) is 164 Å². The topological polar surface area (TPSA) is 36.2 Å². The van der Waals surface area contributed by atoms with E-state index in [0.717, 1.165) is 23.4 Å². The number of nitrogens with one attached hydrogen (secondary N) is 1. The Labute approximate surface area is 298 Å². The number of benzene rings is 4. The minimum Gasteiger partial charge on any atom is -0.313 e. The average molecular weight is 653 g/mol. The van der Waals surface area contributed by atoms with E-state index in [-0.39, 0.29) is 0 Å². The van der Waals surface area contributed by atoms with Gasteiger partial charge in [-0.3, -0.25) is 4.99 Å².